The van der Waals surface area contributed by atoms with E-state index in [0.717, 1.165) is 50.0 Å². The van der Waals surface area contributed by atoms with Crippen LogP contribution in [0.1, 0.15) is 54.0 Å². The Morgan fingerprint density at radius 2 is 1.51 bits per heavy atom. The molecule has 1 fully saturated rings. The number of hydrogen-bond acceptors (Lipinski definition) is 5. The van der Waals surface area contributed by atoms with Crippen LogP contribution in [0.3, 0.4) is 0 Å². The van der Waals surface area contributed by atoms with Gasteiger partial charge >= 0.3 is 0 Å². The molecule has 0 atom stereocenters. The van der Waals surface area contributed by atoms with Crippen molar-refractivity contribution in [3.05, 3.63) is 126 Å². The van der Waals surface area contributed by atoms with E-state index in [1.807, 2.05) is 23.6 Å². The zero-order chi connectivity index (χ0) is 29.4. The quantitative estimate of drug-likeness (QED) is 0.205. The second-order valence-electron chi connectivity index (χ2n) is 11.7. The van der Waals surface area contributed by atoms with Crippen LogP contribution in [-0.4, -0.2) is 38.7 Å². The average molecular weight is 590 g/mol. The Balaban J connectivity index is 1.19. The van der Waals surface area contributed by atoms with Gasteiger partial charge in [-0.15, -0.1) is 0 Å². The summed E-state index contributed by atoms with van der Waals surface area (Å²) in [6.45, 7) is 3.73. The van der Waals surface area contributed by atoms with Gasteiger partial charge in [0.05, 0.1) is 11.1 Å². The zero-order valence-corrected chi connectivity index (χ0v) is 25.0. The number of rotatable bonds is 8. The molecule has 7 rings (SSSR count). The van der Waals surface area contributed by atoms with Crippen LogP contribution in [0.2, 0.25) is 0 Å². The number of imidazole rings is 1. The Morgan fingerprint density at radius 3 is 2.16 bits per heavy atom. The Hall–Kier alpha value is -4.27. The normalized spacial score (nSPS) is 17.6. The number of H-pyrrole nitrogens is 1. The van der Waals surface area contributed by atoms with Crippen LogP contribution in [0.15, 0.2) is 113 Å². The van der Waals surface area contributed by atoms with Crippen molar-refractivity contribution < 1.29 is 8.42 Å². The molecule has 1 aliphatic rings. The molecule has 43 heavy (non-hydrogen) atoms. The molecule has 3 aromatic heterocycles. The van der Waals surface area contributed by atoms with Crippen LogP contribution < -0.4 is 0 Å². The first kappa shape index (κ1) is 27.6. The Kier molecular flexibility index (Phi) is 7.33. The van der Waals surface area contributed by atoms with E-state index in [1.165, 1.54) is 11.1 Å². The van der Waals surface area contributed by atoms with Gasteiger partial charge in [-0.1, -0.05) is 72.8 Å². The van der Waals surface area contributed by atoms with Gasteiger partial charge in [0.2, 0.25) is 9.84 Å². The molecule has 3 heterocycles. The van der Waals surface area contributed by atoms with Gasteiger partial charge in [-0.2, -0.15) is 0 Å². The van der Waals surface area contributed by atoms with Gasteiger partial charge in [-0.25, -0.2) is 18.4 Å². The molecule has 0 saturated heterocycles. The first-order chi connectivity index (χ1) is 21.0. The lowest BCUT2D eigenvalue weighted by molar-refractivity contribution is 0.133. The standard InChI is InChI=1S/C35H35N5O2S/c1-25-9-8-14-30(19-25)43(41,42)32-21-37-35-34(32)40-31(20-36-33(40)22-38-35)28-15-17-29(18-16-28)39(23-26-10-4-2-5-11-26)24-27-12-6-3-7-13-27/h2-14,19-22,28-29,37H,15-18,23-24H2,1H3. The van der Waals surface area contributed by atoms with Gasteiger partial charge in [-0.05, 0) is 61.4 Å². The minimum atomic E-state index is -3.77. The van der Waals surface area contributed by atoms with E-state index in [1.54, 1.807) is 30.6 Å². The lowest BCUT2D eigenvalue weighted by Crippen LogP contribution is -2.37. The first-order valence-electron chi connectivity index (χ1n) is 14.9. The zero-order valence-electron chi connectivity index (χ0n) is 24.2. The minimum Gasteiger partial charge on any atom is -0.343 e. The van der Waals surface area contributed by atoms with Crippen LogP contribution in [0.5, 0.6) is 0 Å². The predicted octanol–water partition coefficient (Wildman–Crippen LogP) is 7.08. The number of aromatic nitrogens is 4. The van der Waals surface area contributed by atoms with Crippen molar-refractivity contribution in [2.45, 2.75) is 67.4 Å². The summed E-state index contributed by atoms with van der Waals surface area (Å²) in [5, 5.41) is 0. The van der Waals surface area contributed by atoms with Crippen LogP contribution >= 0.6 is 0 Å². The monoisotopic (exact) mass is 589 g/mol. The molecule has 0 bridgehead atoms. The average Bonchev–Trinajstić information content (AvgIpc) is 3.67. The molecule has 0 aliphatic heterocycles. The van der Waals surface area contributed by atoms with Crippen molar-refractivity contribution in [2.75, 3.05) is 0 Å². The second-order valence-corrected chi connectivity index (χ2v) is 13.6. The fourth-order valence-electron chi connectivity index (χ4n) is 6.63. The minimum absolute atomic E-state index is 0.232. The van der Waals surface area contributed by atoms with Gasteiger partial charge in [0.25, 0.3) is 0 Å². The maximum absolute atomic E-state index is 13.8. The largest absolute Gasteiger partial charge is 0.343 e. The molecule has 6 aromatic rings. The third kappa shape index (κ3) is 5.37. The second kappa shape index (κ2) is 11.4. The highest BCUT2D eigenvalue weighted by Crippen LogP contribution is 2.38. The molecular weight excluding hydrogens is 554 g/mol. The van der Waals surface area contributed by atoms with E-state index >= 15 is 0 Å². The number of hydrogen-bond donors (Lipinski definition) is 1. The van der Waals surface area contributed by atoms with Crippen molar-refractivity contribution in [2.24, 2.45) is 0 Å². The van der Waals surface area contributed by atoms with Crippen LogP contribution in [0, 0.1) is 6.92 Å². The van der Waals surface area contributed by atoms with Crippen molar-refractivity contribution in [1.82, 2.24) is 24.3 Å². The van der Waals surface area contributed by atoms with E-state index in [-0.39, 0.29) is 15.7 Å². The van der Waals surface area contributed by atoms with Gasteiger partial charge < -0.3 is 4.98 Å². The summed E-state index contributed by atoms with van der Waals surface area (Å²) in [4.78, 5) is 15.4. The van der Waals surface area contributed by atoms with Gasteiger partial charge in [0, 0.05) is 43.1 Å². The van der Waals surface area contributed by atoms with E-state index in [0.29, 0.717) is 22.9 Å². The fourth-order valence-corrected chi connectivity index (χ4v) is 8.14. The molecular formula is C35H35N5O2S. The summed E-state index contributed by atoms with van der Waals surface area (Å²) in [6, 6.07) is 28.9. The van der Waals surface area contributed by atoms with E-state index < -0.39 is 9.84 Å². The highest BCUT2D eigenvalue weighted by Gasteiger charge is 2.31. The first-order valence-corrected chi connectivity index (χ1v) is 16.4. The predicted molar refractivity (Wildman–Crippen MR) is 169 cm³/mol. The van der Waals surface area contributed by atoms with Gasteiger partial charge in [0.1, 0.15) is 10.4 Å². The van der Waals surface area contributed by atoms with Gasteiger partial charge in [0.15, 0.2) is 11.3 Å². The summed E-state index contributed by atoms with van der Waals surface area (Å²) in [7, 11) is -3.77. The number of aryl methyl sites for hydroxylation is 1. The lowest BCUT2D eigenvalue weighted by atomic mass is 9.83. The smallest absolute Gasteiger partial charge is 0.210 e. The summed E-state index contributed by atoms with van der Waals surface area (Å²) in [5.41, 5.74) is 6.39. The van der Waals surface area contributed by atoms with E-state index in [9.17, 15) is 8.42 Å². The van der Waals surface area contributed by atoms with E-state index in [4.69, 9.17) is 0 Å². The number of nitrogens with zero attached hydrogens (tertiary/aromatic N) is 4. The highest BCUT2D eigenvalue weighted by molar-refractivity contribution is 7.91. The Labute approximate surface area is 252 Å². The third-order valence-corrected chi connectivity index (χ3v) is 10.6. The Morgan fingerprint density at radius 1 is 0.837 bits per heavy atom. The molecule has 0 spiro atoms. The van der Waals surface area contributed by atoms with Crippen molar-refractivity contribution in [1.29, 1.82) is 0 Å². The summed E-state index contributed by atoms with van der Waals surface area (Å²) < 4.78 is 29.7. The molecule has 0 unspecified atom stereocenters. The van der Waals surface area contributed by atoms with Crippen LogP contribution in [0.25, 0.3) is 16.8 Å². The molecule has 8 heteroatoms. The number of sulfone groups is 1. The molecule has 0 amide bonds. The molecule has 1 aliphatic carbocycles. The summed E-state index contributed by atoms with van der Waals surface area (Å²) in [6.07, 6.45) is 9.35. The summed E-state index contributed by atoms with van der Waals surface area (Å²) >= 11 is 0. The lowest BCUT2D eigenvalue weighted by Gasteiger charge is -2.37. The van der Waals surface area contributed by atoms with Crippen LogP contribution in [-0.2, 0) is 22.9 Å². The molecule has 1 N–H and O–H groups in total. The van der Waals surface area contributed by atoms with Gasteiger partial charge in [-0.3, -0.25) is 9.30 Å². The SMILES string of the molecule is Cc1cccc(S(=O)(=O)c2c[nH]c3ncc4ncc(C5CCC(N(Cc6ccccc6)Cc6ccccc6)CC5)n4c23)c1. The maximum atomic E-state index is 13.8. The number of aromatic amines is 1. The molecule has 0 radical (unpaired) electrons. The maximum Gasteiger partial charge on any atom is 0.210 e. The van der Waals surface area contributed by atoms with Crippen LogP contribution in [0.4, 0.5) is 0 Å². The third-order valence-electron chi connectivity index (χ3n) is 8.82. The molecule has 3 aromatic carbocycles. The fraction of sp³-hybridized carbons (Fsp3) is 0.257. The number of fused-ring (bicyclic) bond motifs is 3. The Bertz CT molecular complexity index is 1930. The van der Waals surface area contributed by atoms with Crippen molar-refractivity contribution in [3.63, 3.8) is 0 Å². The topological polar surface area (TPSA) is 83.4 Å². The molecule has 218 valence electrons. The van der Waals surface area contributed by atoms with Crippen molar-refractivity contribution in [3.8, 4) is 0 Å². The highest BCUT2D eigenvalue weighted by atomic mass is 32.2. The number of nitrogens with one attached hydrogen (secondary N) is 1. The molecule has 7 nitrogen and oxygen atoms in total. The van der Waals surface area contributed by atoms with Crippen molar-refractivity contribution >= 4 is 26.6 Å². The molecule has 1 saturated carbocycles. The summed E-state index contributed by atoms with van der Waals surface area (Å²) in [5.74, 6) is 0.275. The number of benzene rings is 3. The van der Waals surface area contributed by atoms with E-state index in [2.05, 4.69) is 80.5 Å².